The largest absolute Gasteiger partial charge is 0.302 e. The molecule has 0 heterocycles. The summed E-state index contributed by atoms with van der Waals surface area (Å²) >= 11 is 0. The van der Waals surface area contributed by atoms with E-state index in [1.807, 2.05) is 13.0 Å². The average Bonchev–Trinajstić information content (AvgIpc) is 1.89. The molecule has 54 valence electrons. The summed E-state index contributed by atoms with van der Waals surface area (Å²) in [6, 6.07) is 0. The normalized spacial score (nSPS) is 10.6. The van der Waals surface area contributed by atoms with Crippen LogP contribution in [-0.2, 0) is 0 Å². The molecule has 0 rings (SSSR count). The van der Waals surface area contributed by atoms with Crippen molar-refractivity contribution in [1.29, 1.82) is 0 Å². The number of hydrogen-bond acceptors (Lipinski definition) is 1. The standard InChI is InChI=1S/C9H13N/c1-4-6-9(3)8-10-7-5-2/h2,4,6,10H,1,7-8H2,3H3/b9-6+. The molecule has 0 unspecified atom stereocenters. The lowest BCUT2D eigenvalue weighted by Gasteiger charge is -1.98. The Kier molecular flexibility index (Phi) is 5.51. The van der Waals surface area contributed by atoms with Gasteiger partial charge in [-0.1, -0.05) is 30.2 Å². The lowest BCUT2D eigenvalue weighted by atomic mass is 10.3. The van der Waals surface area contributed by atoms with E-state index in [0.717, 1.165) is 6.54 Å². The minimum atomic E-state index is 0.627. The number of hydrogen-bond donors (Lipinski definition) is 1. The van der Waals surface area contributed by atoms with E-state index in [4.69, 9.17) is 6.42 Å². The van der Waals surface area contributed by atoms with E-state index in [0.29, 0.717) is 6.54 Å². The van der Waals surface area contributed by atoms with E-state index >= 15 is 0 Å². The second kappa shape index (κ2) is 6.12. The lowest BCUT2D eigenvalue weighted by Crippen LogP contribution is -2.15. The van der Waals surface area contributed by atoms with E-state index in [2.05, 4.69) is 17.8 Å². The molecular formula is C9H13N. The van der Waals surface area contributed by atoms with Crippen LogP contribution in [0.15, 0.2) is 24.3 Å². The van der Waals surface area contributed by atoms with Crippen LogP contribution in [0.3, 0.4) is 0 Å². The zero-order chi connectivity index (χ0) is 7.82. The first-order valence-electron chi connectivity index (χ1n) is 3.23. The number of rotatable bonds is 4. The van der Waals surface area contributed by atoms with Crippen molar-refractivity contribution in [2.24, 2.45) is 0 Å². The molecule has 0 aliphatic heterocycles. The van der Waals surface area contributed by atoms with E-state index < -0.39 is 0 Å². The predicted molar refractivity (Wildman–Crippen MR) is 45.7 cm³/mol. The molecule has 0 spiro atoms. The quantitative estimate of drug-likeness (QED) is 0.348. The second-order valence-electron chi connectivity index (χ2n) is 2.06. The van der Waals surface area contributed by atoms with Gasteiger partial charge in [-0.05, 0) is 6.92 Å². The monoisotopic (exact) mass is 135 g/mol. The lowest BCUT2D eigenvalue weighted by molar-refractivity contribution is 0.827. The molecule has 1 nitrogen and oxygen atoms in total. The number of nitrogens with one attached hydrogen (secondary N) is 1. The SMILES string of the molecule is C#CCNC/C(C)=C/C=C. The summed E-state index contributed by atoms with van der Waals surface area (Å²) in [6.45, 7) is 7.09. The van der Waals surface area contributed by atoms with Crippen LogP contribution in [0, 0.1) is 12.3 Å². The van der Waals surface area contributed by atoms with Crippen molar-refractivity contribution in [1.82, 2.24) is 5.32 Å². The smallest absolute Gasteiger partial charge is 0.0576 e. The predicted octanol–water partition coefficient (Wildman–Crippen LogP) is 1.34. The highest BCUT2D eigenvalue weighted by molar-refractivity contribution is 5.09. The van der Waals surface area contributed by atoms with Gasteiger partial charge in [0.05, 0.1) is 6.54 Å². The molecule has 0 amide bonds. The number of allylic oxidation sites excluding steroid dienone is 2. The van der Waals surface area contributed by atoms with Gasteiger partial charge in [-0.3, -0.25) is 0 Å². The van der Waals surface area contributed by atoms with Crippen LogP contribution in [-0.4, -0.2) is 13.1 Å². The molecule has 1 heteroatoms. The first-order chi connectivity index (χ1) is 4.81. The third-order valence-corrected chi connectivity index (χ3v) is 1.03. The maximum atomic E-state index is 5.04. The van der Waals surface area contributed by atoms with Crippen molar-refractivity contribution < 1.29 is 0 Å². The minimum Gasteiger partial charge on any atom is -0.302 e. The molecule has 0 bridgehead atoms. The van der Waals surface area contributed by atoms with Crippen LogP contribution in [0.2, 0.25) is 0 Å². The fourth-order valence-electron chi connectivity index (χ4n) is 0.592. The minimum absolute atomic E-state index is 0.627. The maximum Gasteiger partial charge on any atom is 0.0576 e. The molecule has 0 aliphatic rings. The molecule has 1 N–H and O–H groups in total. The van der Waals surface area contributed by atoms with Gasteiger partial charge in [-0.2, -0.15) is 0 Å². The number of terminal acetylenes is 1. The Morgan fingerprint density at radius 1 is 1.80 bits per heavy atom. The fraction of sp³-hybridized carbons (Fsp3) is 0.333. The molecular weight excluding hydrogens is 122 g/mol. The molecule has 0 aromatic carbocycles. The molecule has 0 atom stereocenters. The van der Waals surface area contributed by atoms with E-state index in [1.165, 1.54) is 5.57 Å². The summed E-state index contributed by atoms with van der Waals surface area (Å²) in [5, 5.41) is 3.07. The van der Waals surface area contributed by atoms with E-state index in [-0.39, 0.29) is 0 Å². The molecule has 10 heavy (non-hydrogen) atoms. The van der Waals surface area contributed by atoms with Gasteiger partial charge in [0.25, 0.3) is 0 Å². The van der Waals surface area contributed by atoms with Crippen molar-refractivity contribution in [3.8, 4) is 12.3 Å². The molecule has 0 saturated heterocycles. The van der Waals surface area contributed by atoms with Crippen LogP contribution in [0.4, 0.5) is 0 Å². The summed E-state index contributed by atoms with van der Waals surface area (Å²) in [5.41, 5.74) is 1.24. The van der Waals surface area contributed by atoms with Gasteiger partial charge in [0.2, 0.25) is 0 Å². The molecule has 0 aliphatic carbocycles. The van der Waals surface area contributed by atoms with Crippen molar-refractivity contribution in [2.75, 3.05) is 13.1 Å². The highest BCUT2D eigenvalue weighted by Crippen LogP contribution is 1.88. The zero-order valence-electron chi connectivity index (χ0n) is 6.35. The summed E-state index contributed by atoms with van der Waals surface area (Å²) in [5.74, 6) is 2.50. The van der Waals surface area contributed by atoms with Crippen molar-refractivity contribution in [3.63, 3.8) is 0 Å². The first-order valence-corrected chi connectivity index (χ1v) is 3.23. The van der Waals surface area contributed by atoms with Gasteiger partial charge in [-0.25, -0.2) is 0 Å². The molecule has 0 aromatic rings. The topological polar surface area (TPSA) is 12.0 Å². The van der Waals surface area contributed by atoms with Crippen molar-refractivity contribution in [2.45, 2.75) is 6.92 Å². The van der Waals surface area contributed by atoms with Crippen molar-refractivity contribution in [3.05, 3.63) is 24.3 Å². The highest BCUT2D eigenvalue weighted by atomic mass is 14.8. The Morgan fingerprint density at radius 3 is 3.00 bits per heavy atom. The van der Waals surface area contributed by atoms with Crippen LogP contribution in [0.25, 0.3) is 0 Å². The average molecular weight is 135 g/mol. The molecule has 0 aromatic heterocycles. The Hall–Kier alpha value is -1.00. The van der Waals surface area contributed by atoms with Gasteiger partial charge >= 0.3 is 0 Å². The zero-order valence-corrected chi connectivity index (χ0v) is 6.35. The van der Waals surface area contributed by atoms with Gasteiger partial charge in [0.1, 0.15) is 0 Å². The Balaban J connectivity index is 3.41. The maximum absolute atomic E-state index is 5.04. The fourth-order valence-corrected chi connectivity index (χ4v) is 0.592. The van der Waals surface area contributed by atoms with Crippen molar-refractivity contribution >= 4 is 0 Å². The molecule has 0 radical (unpaired) electrons. The van der Waals surface area contributed by atoms with Crippen LogP contribution in [0.5, 0.6) is 0 Å². The summed E-state index contributed by atoms with van der Waals surface area (Å²) < 4.78 is 0. The van der Waals surface area contributed by atoms with Gasteiger partial charge in [0.15, 0.2) is 0 Å². The van der Waals surface area contributed by atoms with E-state index in [1.54, 1.807) is 6.08 Å². The summed E-state index contributed by atoms with van der Waals surface area (Å²) in [4.78, 5) is 0. The molecule has 0 saturated carbocycles. The first kappa shape index (κ1) is 9.00. The summed E-state index contributed by atoms with van der Waals surface area (Å²) in [6.07, 6.45) is 8.77. The van der Waals surface area contributed by atoms with Gasteiger partial charge in [-0.15, -0.1) is 6.42 Å². The second-order valence-corrected chi connectivity index (χ2v) is 2.06. The van der Waals surface area contributed by atoms with Crippen LogP contribution < -0.4 is 5.32 Å². The van der Waals surface area contributed by atoms with Gasteiger partial charge < -0.3 is 5.32 Å². The molecule has 0 fully saturated rings. The third-order valence-electron chi connectivity index (χ3n) is 1.03. The third kappa shape index (κ3) is 5.14. The summed E-state index contributed by atoms with van der Waals surface area (Å²) in [7, 11) is 0. The Morgan fingerprint density at radius 2 is 2.50 bits per heavy atom. The van der Waals surface area contributed by atoms with Gasteiger partial charge in [0, 0.05) is 6.54 Å². The van der Waals surface area contributed by atoms with E-state index in [9.17, 15) is 0 Å². The van der Waals surface area contributed by atoms with Crippen LogP contribution >= 0.6 is 0 Å². The van der Waals surface area contributed by atoms with Crippen LogP contribution in [0.1, 0.15) is 6.92 Å². The Bertz CT molecular complexity index is 160. The highest BCUT2D eigenvalue weighted by Gasteiger charge is 1.83. The Labute approximate surface area is 62.8 Å².